The molecule has 1 fully saturated rings. The molecule has 0 bridgehead atoms. The highest BCUT2D eigenvalue weighted by atomic mass is 32.2. The number of para-hydroxylation sites is 1. The van der Waals surface area contributed by atoms with Crippen LogP contribution in [-0.2, 0) is 10.0 Å². The molecule has 1 aliphatic heterocycles. The first-order valence-corrected chi connectivity index (χ1v) is 9.03. The summed E-state index contributed by atoms with van der Waals surface area (Å²) in [7, 11) is -3.71. The summed E-state index contributed by atoms with van der Waals surface area (Å²) < 4.78 is 23.6. The summed E-state index contributed by atoms with van der Waals surface area (Å²) in [6, 6.07) is 7.22. The second-order valence-corrected chi connectivity index (χ2v) is 7.50. The zero-order chi connectivity index (χ0) is 15.5. The topological polar surface area (TPSA) is 75.4 Å². The van der Waals surface area contributed by atoms with Gasteiger partial charge in [0.1, 0.15) is 4.90 Å². The minimum absolute atomic E-state index is 0.211. The van der Waals surface area contributed by atoms with Crippen LogP contribution >= 0.6 is 0 Å². The Balaban J connectivity index is 2.30. The van der Waals surface area contributed by atoms with Crippen LogP contribution in [0.1, 0.15) is 26.7 Å². The van der Waals surface area contributed by atoms with Gasteiger partial charge in [-0.25, -0.2) is 13.6 Å². The molecule has 1 aliphatic rings. The van der Waals surface area contributed by atoms with Gasteiger partial charge in [0.05, 0.1) is 5.69 Å². The maximum atomic E-state index is 11.8. The average Bonchev–Trinajstić information content (AvgIpc) is 2.45. The number of anilines is 1. The van der Waals surface area contributed by atoms with Crippen molar-refractivity contribution >= 4 is 15.7 Å². The Morgan fingerprint density at radius 2 is 2.10 bits per heavy atom. The van der Waals surface area contributed by atoms with Crippen LogP contribution in [0.2, 0.25) is 0 Å². The number of primary sulfonamides is 1. The van der Waals surface area contributed by atoms with Gasteiger partial charge in [0, 0.05) is 12.6 Å². The molecule has 0 saturated carbocycles. The molecule has 3 N–H and O–H groups in total. The van der Waals surface area contributed by atoms with Crippen molar-refractivity contribution in [3.8, 4) is 0 Å². The molecule has 0 radical (unpaired) electrons. The van der Waals surface area contributed by atoms with Crippen LogP contribution in [0.4, 0.5) is 5.69 Å². The fraction of sp³-hybridized carbons (Fsp3) is 0.600. The lowest BCUT2D eigenvalue weighted by molar-refractivity contribution is 0.370. The van der Waals surface area contributed by atoms with E-state index in [9.17, 15) is 8.42 Å². The van der Waals surface area contributed by atoms with Crippen molar-refractivity contribution in [2.45, 2.75) is 37.6 Å². The summed E-state index contributed by atoms with van der Waals surface area (Å²) in [6.45, 7) is 7.07. The number of nitrogens with two attached hydrogens (primary N) is 1. The number of hydrogen-bond donors (Lipinski definition) is 2. The monoisotopic (exact) mass is 311 g/mol. The Morgan fingerprint density at radius 3 is 2.67 bits per heavy atom. The lowest BCUT2D eigenvalue weighted by atomic mass is 9.98. The number of rotatable bonds is 5. The van der Waals surface area contributed by atoms with Gasteiger partial charge >= 0.3 is 0 Å². The standard InChI is InChI=1S/C15H25N3O2S/c1-12(2)18(11-13-6-5-9-17-10-13)14-7-3-4-8-15(14)21(16,19)20/h3-4,7-8,12-13,17H,5-6,9-11H2,1-2H3,(H2,16,19,20). The second kappa shape index (κ2) is 6.77. The third-order valence-electron chi connectivity index (χ3n) is 3.96. The SMILES string of the molecule is CC(C)N(CC1CCCNC1)c1ccccc1S(N)(=O)=O. The van der Waals surface area contributed by atoms with Crippen LogP contribution in [0.3, 0.4) is 0 Å². The number of sulfonamides is 1. The average molecular weight is 311 g/mol. The van der Waals surface area contributed by atoms with Crippen molar-refractivity contribution in [2.24, 2.45) is 11.1 Å². The van der Waals surface area contributed by atoms with E-state index in [1.807, 2.05) is 12.1 Å². The number of piperidine rings is 1. The second-order valence-electron chi connectivity index (χ2n) is 5.97. The molecular formula is C15H25N3O2S. The van der Waals surface area contributed by atoms with Gasteiger partial charge in [-0.15, -0.1) is 0 Å². The maximum Gasteiger partial charge on any atom is 0.240 e. The number of nitrogens with zero attached hydrogens (tertiary/aromatic N) is 1. The van der Waals surface area contributed by atoms with Gasteiger partial charge in [-0.1, -0.05) is 12.1 Å². The first kappa shape index (κ1) is 16.3. The molecule has 0 spiro atoms. The van der Waals surface area contributed by atoms with E-state index >= 15 is 0 Å². The zero-order valence-corrected chi connectivity index (χ0v) is 13.6. The molecule has 1 atom stereocenters. The molecule has 0 aliphatic carbocycles. The fourth-order valence-corrected chi connectivity index (χ4v) is 3.63. The van der Waals surface area contributed by atoms with Gasteiger partial charge in [0.2, 0.25) is 10.0 Å². The highest BCUT2D eigenvalue weighted by Crippen LogP contribution is 2.27. The minimum Gasteiger partial charge on any atom is -0.368 e. The predicted octanol–water partition coefficient (Wildman–Crippen LogP) is 1.55. The molecule has 2 rings (SSSR count). The fourth-order valence-electron chi connectivity index (χ4n) is 2.88. The highest BCUT2D eigenvalue weighted by Gasteiger charge is 2.23. The van der Waals surface area contributed by atoms with E-state index in [1.165, 1.54) is 12.8 Å². The Labute approximate surface area is 127 Å². The van der Waals surface area contributed by atoms with E-state index in [0.29, 0.717) is 11.6 Å². The highest BCUT2D eigenvalue weighted by molar-refractivity contribution is 7.89. The summed E-state index contributed by atoms with van der Waals surface area (Å²) >= 11 is 0. The molecular weight excluding hydrogens is 286 g/mol. The van der Waals surface area contributed by atoms with Crippen molar-refractivity contribution in [1.82, 2.24) is 5.32 Å². The van der Waals surface area contributed by atoms with Crippen molar-refractivity contribution in [1.29, 1.82) is 0 Å². The summed E-state index contributed by atoms with van der Waals surface area (Å²) in [4.78, 5) is 2.36. The molecule has 1 aromatic carbocycles. The van der Waals surface area contributed by atoms with Gasteiger partial charge in [-0.05, 0) is 57.8 Å². The minimum atomic E-state index is -3.71. The summed E-state index contributed by atoms with van der Waals surface area (Å²) in [5.41, 5.74) is 0.709. The molecule has 1 heterocycles. The maximum absolute atomic E-state index is 11.8. The van der Waals surface area contributed by atoms with E-state index in [1.54, 1.807) is 12.1 Å². The molecule has 0 aromatic heterocycles. The van der Waals surface area contributed by atoms with Crippen LogP contribution < -0.4 is 15.4 Å². The molecule has 0 amide bonds. The molecule has 6 heteroatoms. The summed E-state index contributed by atoms with van der Waals surface area (Å²) in [5, 5.41) is 8.77. The van der Waals surface area contributed by atoms with Crippen LogP contribution in [0.15, 0.2) is 29.2 Å². The summed E-state index contributed by atoms with van der Waals surface area (Å²) in [5.74, 6) is 0.537. The van der Waals surface area contributed by atoms with Crippen molar-refractivity contribution < 1.29 is 8.42 Å². The number of hydrogen-bond acceptors (Lipinski definition) is 4. The van der Waals surface area contributed by atoms with Crippen LogP contribution in [0.25, 0.3) is 0 Å². The van der Waals surface area contributed by atoms with Crippen LogP contribution in [0, 0.1) is 5.92 Å². The van der Waals surface area contributed by atoms with Crippen molar-refractivity contribution in [3.05, 3.63) is 24.3 Å². The van der Waals surface area contributed by atoms with E-state index < -0.39 is 10.0 Å². The van der Waals surface area contributed by atoms with Crippen molar-refractivity contribution in [2.75, 3.05) is 24.5 Å². The number of nitrogens with one attached hydrogen (secondary N) is 1. The summed E-state index contributed by atoms with van der Waals surface area (Å²) in [6.07, 6.45) is 2.35. The van der Waals surface area contributed by atoms with Crippen molar-refractivity contribution in [3.63, 3.8) is 0 Å². The van der Waals surface area contributed by atoms with Gasteiger partial charge in [0.15, 0.2) is 0 Å². The Kier molecular flexibility index (Phi) is 5.24. The van der Waals surface area contributed by atoms with Crippen LogP contribution in [0.5, 0.6) is 0 Å². The van der Waals surface area contributed by atoms with E-state index in [0.717, 1.165) is 19.6 Å². The predicted molar refractivity (Wildman–Crippen MR) is 85.9 cm³/mol. The van der Waals surface area contributed by atoms with Crippen LogP contribution in [-0.4, -0.2) is 34.1 Å². The quantitative estimate of drug-likeness (QED) is 0.865. The third-order valence-corrected chi connectivity index (χ3v) is 4.92. The van der Waals surface area contributed by atoms with Gasteiger partial charge in [-0.2, -0.15) is 0 Å². The van der Waals surface area contributed by atoms with E-state index in [4.69, 9.17) is 5.14 Å². The molecule has 5 nitrogen and oxygen atoms in total. The normalized spacial score (nSPS) is 19.7. The molecule has 21 heavy (non-hydrogen) atoms. The molecule has 1 saturated heterocycles. The largest absolute Gasteiger partial charge is 0.368 e. The van der Waals surface area contributed by atoms with Gasteiger partial charge in [-0.3, -0.25) is 0 Å². The molecule has 1 aromatic rings. The smallest absolute Gasteiger partial charge is 0.240 e. The zero-order valence-electron chi connectivity index (χ0n) is 12.7. The first-order chi connectivity index (χ1) is 9.89. The lowest BCUT2D eigenvalue weighted by Crippen LogP contribution is -2.42. The molecule has 1 unspecified atom stereocenters. The third kappa shape index (κ3) is 4.18. The van der Waals surface area contributed by atoms with Gasteiger partial charge in [0.25, 0.3) is 0 Å². The van der Waals surface area contributed by atoms with E-state index in [-0.39, 0.29) is 10.9 Å². The Hall–Kier alpha value is -1.11. The number of benzene rings is 1. The van der Waals surface area contributed by atoms with Gasteiger partial charge < -0.3 is 10.2 Å². The Bertz CT molecular complexity index is 566. The molecule has 118 valence electrons. The first-order valence-electron chi connectivity index (χ1n) is 7.49. The Morgan fingerprint density at radius 1 is 1.38 bits per heavy atom. The lowest BCUT2D eigenvalue weighted by Gasteiger charge is -2.35. The van der Waals surface area contributed by atoms with E-state index in [2.05, 4.69) is 24.1 Å².